The molecule has 0 aliphatic heterocycles. The van der Waals surface area contributed by atoms with E-state index in [4.69, 9.17) is 5.26 Å². The van der Waals surface area contributed by atoms with E-state index in [1.165, 1.54) is 5.56 Å². The highest BCUT2D eigenvalue weighted by molar-refractivity contribution is 5.80. The van der Waals surface area contributed by atoms with Crippen molar-refractivity contribution in [2.45, 2.75) is 12.8 Å². The molecule has 0 saturated carbocycles. The fraction of sp³-hybridized carbons (Fsp3) is 0.0769. The summed E-state index contributed by atoms with van der Waals surface area (Å²) in [6, 6.07) is 25.2. The topological polar surface area (TPSA) is 56.6 Å². The van der Waals surface area contributed by atoms with Gasteiger partial charge in [0.05, 0.1) is 11.6 Å². The van der Waals surface area contributed by atoms with Crippen molar-refractivity contribution in [3.05, 3.63) is 117 Å². The number of hydrogen-bond donors (Lipinski definition) is 1. The van der Waals surface area contributed by atoms with Crippen LogP contribution in [0.3, 0.4) is 0 Å². The Hall–Kier alpha value is -4.08. The number of aromatic amines is 1. The van der Waals surface area contributed by atoms with Gasteiger partial charge in [0.2, 0.25) is 0 Å². The van der Waals surface area contributed by atoms with Gasteiger partial charge in [0.15, 0.2) is 5.43 Å². The van der Waals surface area contributed by atoms with Crippen LogP contribution in [-0.4, -0.2) is 4.98 Å². The van der Waals surface area contributed by atoms with Crippen molar-refractivity contribution < 1.29 is 0 Å². The van der Waals surface area contributed by atoms with Gasteiger partial charge < -0.3 is 4.98 Å². The fourth-order valence-corrected chi connectivity index (χ4v) is 3.23. The van der Waals surface area contributed by atoms with E-state index in [0.29, 0.717) is 29.4 Å². The summed E-state index contributed by atoms with van der Waals surface area (Å²) in [6.45, 7) is 0. The third kappa shape index (κ3) is 4.26. The molecule has 0 saturated heterocycles. The van der Waals surface area contributed by atoms with E-state index >= 15 is 0 Å². The number of nitrogens with zero attached hydrogens (tertiary/aromatic N) is 1. The van der Waals surface area contributed by atoms with Gasteiger partial charge in [0.1, 0.15) is 0 Å². The molecule has 1 aromatic heterocycles. The van der Waals surface area contributed by atoms with Gasteiger partial charge in [0.25, 0.3) is 0 Å². The zero-order valence-corrected chi connectivity index (χ0v) is 15.8. The minimum Gasteiger partial charge on any atom is -0.361 e. The summed E-state index contributed by atoms with van der Waals surface area (Å²) in [5.74, 6) is 6.34. The van der Waals surface area contributed by atoms with Crippen molar-refractivity contribution in [3.8, 4) is 17.9 Å². The summed E-state index contributed by atoms with van der Waals surface area (Å²) in [6.07, 6.45) is 2.96. The lowest BCUT2D eigenvalue weighted by Gasteiger charge is -2.05. The van der Waals surface area contributed by atoms with E-state index < -0.39 is 0 Å². The van der Waals surface area contributed by atoms with Crippen LogP contribution in [-0.2, 0) is 12.8 Å². The average molecular weight is 374 g/mol. The lowest BCUT2D eigenvalue weighted by molar-refractivity contribution is 1.14. The molecule has 3 heteroatoms. The van der Waals surface area contributed by atoms with Crippen LogP contribution in [0.1, 0.15) is 27.8 Å². The van der Waals surface area contributed by atoms with Crippen LogP contribution < -0.4 is 5.43 Å². The molecule has 1 N–H and O–H groups in total. The second kappa shape index (κ2) is 8.30. The smallest absolute Gasteiger partial charge is 0.192 e. The largest absolute Gasteiger partial charge is 0.361 e. The molecule has 29 heavy (non-hydrogen) atoms. The van der Waals surface area contributed by atoms with Crippen LogP contribution in [0.2, 0.25) is 0 Å². The van der Waals surface area contributed by atoms with E-state index in [-0.39, 0.29) is 5.43 Å². The quantitative estimate of drug-likeness (QED) is 0.534. The third-order valence-electron chi connectivity index (χ3n) is 4.80. The molecule has 0 amide bonds. The van der Waals surface area contributed by atoms with Crippen molar-refractivity contribution in [2.24, 2.45) is 0 Å². The van der Waals surface area contributed by atoms with Gasteiger partial charge in [-0.1, -0.05) is 54.3 Å². The molecule has 3 aromatic carbocycles. The molecule has 0 fully saturated rings. The van der Waals surface area contributed by atoms with Crippen molar-refractivity contribution in [3.63, 3.8) is 0 Å². The Labute approximate surface area is 169 Å². The van der Waals surface area contributed by atoms with E-state index in [0.717, 1.165) is 16.6 Å². The predicted molar refractivity (Wildman–Crippen MR) is 116 cm³/mol. The molecule has 0 radical (unpaired) electrons. The lowest BCUT2D eigenvalue weighted by Crippen LogP contribution is -2.10. The number of fused-ring (bicyclic) bond motifs is 1. The number of nitriles is 1. The first kappa shape index (κ1) is 18.3. The van der Waals surface area contributed by atoms with Crippen molar-refractivity contribution in [1.82, 2.24) is 4.98 Å². The molecule has 3 nitrogen and oxygen atoms in total. The zero-order valence-electron chi connectivity index (χ0n) is 15.8. The van der Waals surface area contributed by atoms with Gasteiger partial charge in [-0.05, 0) is 41.5 Å². The summed E-state index contributed by atoms with van der Waals surface area (Å²) in [5, 5.41) is 9.56. The Morgan fingerprint density at radius 1 is 0.862 bits per heavy atom. The Kier molecular flexibility index (Phi) is 5.23. The molecular formula is C26H18N2O. The molecule has 0 atom stereocenters. The summed E-state index contributed by atoms with van der Waals surface area (Å²) < 4.78 is 0. The van der Waals surface area contributed by atoms with Crippen LogP contribution in [0, 0.1) is 23.2 Å². The lowest BCUT2D eigenvalue weighted by atomic mass is 10.0. The summed E-state index contributed by atoms with van der Waals surface area (Å²) in [7, 11) is 0. The van der Waals surface area contributed by atoms with Gasteiger partial charge in [-0.25, -0.2) is 0 Å². The molecule has 0 bridgehead atoms. The molecule has 138 valence electrons. The molecule has 0 unspecified atom stereocenters. The first-order chi connectivity index (χ1) is 14.2. The van der Waals surface area contributed by atoms with Crippen molar-refractivity contribution in [2.75, 3.05) is 0 Å². The Balaban J connectivity index is 1.61. The Morgan fingerprint density at radius 3 is 2.38 bits per heavy atom. The molecule has 0 spiro atoms. The minimum atomic E-state index is 0.00909. The second-order valence-electron chi connectivity index (χ2n) is 6.85. The number of hydrogen-bond acceptors (Lipinski definition) is 2. The maximum atomic E-state index is 13.0. The minimum absolute atomic E-state index is 0.00909. The van der Waals surface area contributed by atoms with Crippen molar-refractivity contribution >= 4 is 10.9 Å². The highest BCUT2D eigenvalue weighted by Gasteiger charge is 2.07. The number of benzene rings is 3. The van der Waals surface area contributed by atoms with Crippen LogP contribution >= 0.6 is 0 Å². The van der Waals surface area contributed by atoms with Gasteiger partial charge >= 0.3 is 0 Å². The van der Waals surface area contributed by atoms with Gasteiger partial charge in [0, 0.05) is 41.1 Å². The van der Waals surface area contributed by atoms with Crippen LogP contribution in [0.15, 0.2) is 83.8 Å². The highest BCUT2D eigenvalue weighted by Crippen LogP contribution is 2.13. The molecule has 4 aromatic rings. The number of aromatic nitrogens is 1. The number of H-pyrrole nitrogens is 1. The van der Waals surface area contributed by atoms with Crippen molar-refractivity contribution in [1.29, 1.82) is 5.26 Å². The van der Waals surface area contributed by atoms with Gasteiger partial charge in [-0.3, -0.25) is 4.79 Å². The van der Waals surface area contributed by atoms with Gasteiger partial charge in [-0.15, -0.1) is 0 Å². The van der Waals surface area contributed by atoms with E-state index in [2.05, 4.69) is 35.0 Å². The fourth-order valence-electron chi connectivity index (χ4n) is 3.23. The molecule has 0 aliphatic rings. The first-order valence-corrected chi connectivity index (χ1v) is 9.39. The Morgan fingerprint density at radius 2 is 1.62 bits per heavy atom. The summed E-state index contributed by atoms with van der Waals surface area (Å²) in [4.78, 5) is 16.2. The maximum Gasteiger partial charge on any atom is 0.192 e. The van der Waals surface area contributed by atoms with E-state index in [1.807, 2.05) is 48.5 Å². The number of rotatable bonds is 3. The SMILES string of the molecule is N#Cc1ccc(Cc2c[nH]c3ccc(C#CCc4ccccc4)cc3c2=O)cc1. The first-order valence-electron chi connectivity index (χ1n) is 9.39. The van der Waals surface area contributed by atoms with Crippen LogP contribution in [0.25, 0.3) is 10.9 Å². The summed E-state index contributed by atoms with van der Waals surface area (Å²) >= 11 is 0. The van der Waals surface area contributed by atoms with E-state index in [1.54, 1.807) is 18.3 Å². The Bertz CT molecular complexity index is 1320. The average Bonchev–Trinajstić information content (AvgIpc) is 2.77. The monoisotopic (exact) mass is 374 g/mol. The summed E-state index contributed by atoms with van der Waals surface area (Å²) in [5.41, 5.74) is 5.10. The molecular weight excluding hydrogens is 356 g/mol. The third-order valence-corrected chi connectivity index (χ3v) is 4.80. The standard InChI is InChI=1S/C26H18N2O/c27-17-22-11-9-21(10-12-22)15-23-18-28-25-14-13-20(16-24(25)26(23)29)8-4-7-19-5-2-1-3-6-19/h1-3,5-6,9-14,16,18H,7,15H2,(H,28,29). The zero-order chi connectivity index (χ0) is 20.1. The molecule has 0 aliphatic carbocycles. The number of nitrogens with one attached hydrogen (secondary N) is 1. The van der Waals surface area contributed by atoms with E-state index in [9.17, 15) is 4.79 Å². The molecule has 1 heterocycles. The van der Waals surface area contributed by atoms with Crippen LogP contribution in [0.5, 0.6) is 0 Å². The predicted octanol–water partition coefficient (Wildman–Crippen LogP) is 4.58. The van der Waals surface area contributed by atoms with Gasteiger partial charge in [-0.2, -0.15) is 5.26 Å². The second-order valence-corrected chi connectivity index (χ2v) is 6.85. The normalized spacial score (nSPS) is 10.2. The van der Waals surface area contributed by atoms with Crippen LogP contribution in [0.4, 0.5) is 0 Å². The number of pyridine rings is 1. The highest BCUT2D eigenvalue weighted by atomic mass is 16.1. The maximum absolute atomic E-state index is 13.0. The molecule has 4 rings (SSSR count).